The van der Waals surface area contributed by atoms with Crippen LogP contribution in [0.15, 0.2) is 42.5 Å². The van der Waals surface area contributed by atoms with E-state index in [1.807, 2.05) is 32.0 Å². The number of likely N-dealkylation sites (N-methyl/N-ethyl adjacent to an activating group) is 1. The van der Waals surface area contributed by atoms with Gasteiger partial charge in [-0.05, 0) is 51.0 Å². The lowest BCUT2D eigenvalue weighted by Crippen LogP contribution is -2.46. The van der Waals surface area contributed by atoms with E-state index in [2.05, 4.69) is 5.32 Å². The van der Waals surface area contributed by atoms with Gasteiger partial charge in [0.2, 0.25) is 11.8 Å². The van der Waals surface area contributed by atoms with E-state index in [0.29, 0.717) is 36.7 Å². The Bertz CT molecular complexity index is 888. The quantitative estimate of drug-likeness (QED) is 0.590. The Labute approximate surface area is 183 Å². The minimum Gasteiger partial charge on any atom is -0.490 e. The van der Waals surface area contributed by atoms with Crippen molar-refractivity contribution in [3.05, 3.63) is 59.4 Å². The molecule has 0 fully saturated rings. The molecular weight excluding hydrogens is 399 g/mol. The number of benzene rings is 2. The summed E-state index contributed by atoms with van der Waals surface area (Å²) >= 11 is 0. The van der Waals surface area contributed by atoms with Crippen LogP contribution in [0.25, 0.3) is 0 Å². The molecule has 2 aromatic rings. The minimum absolute atomic E-state index is 0.0214. The molecule has 0 unspecified atom stereocenters. The van der Waals surface area contributed by atoms with E-state index in [1.54, 1.807) is 25.1 Å². The van der Waals surface area contributed by atoms with Crippen molar-refractivity contribution in [3.8, 4) is 11.5 Å². The second kappa shape index (κ2) is 11.9. The fraction of sp³-hybridized carbons (Fsp3) is 0.417. The van der Waals surface area contributed by atoms with Crippen LogP contribution in [0.5, 0.6) is 11.5 Å². The molecule has 0 saturated heterocycles. The first-order valence-electron chi connectivity index (χ1n) is 10.5. The van der Waals surface area contributed by atoms with Crippen molar-refractivity contribution in [2.45, 2.75) is 46.2 Å². The zero-order valence-corrected chi connectivity index (χ0v) is 18.6. The molecule has 0 aliphatic carbocycles. The van der Waals surface area contributed by atoms with Gasteiger partial charge in [-0.1, -0.05) is 24.3 Å². The summed E-state index contributed by atoms with van der Waals surface area (Å²) in [5.74, 6) is 0.359. The SMILES string of the molecule is CCOc1ccc(CCC(=O)N(Cc2ccccc2F)[C@@H](C)C(=O)NC)cc1OCC. The molecule has 7 heteroatoms. The van der Waals surface area contributed by atoms with Crippen LogP contribution in [-0.2, 0) is 22.6 Å². The van der Waals surface area contributed by atoms with Gasteiger partial charge in [-0.25, -0.2) is 4.39 Å². The molecule has 2 aromatic carbocycles. The zero-order valence-electron chi connectivity index (χ0n) is 18.6. The van der Waals surface area contributed by atoms with Gasteiger partial charge in [0.05, 0.1) is 13.2 Å². The third-order valence-corrected chi connectivity index (χ3v) is 4.95. The predicted octanol–water partition coefficient (Wildman–Crippen LogP) is 3.72. The number of halogens is 1. The van der Waals surface area contributed by atoms with Gasteiger partial charge in [-0.2, -0.15) is 0 Å². The molecule has 31 heavy (non-hydrogen) atoms. The van der Waals surface area contributed by atoms with E-state index in [-0.39, 0.29) is 24.8 Å². The summed E-state index contributed by atoms with van der Waals surface area (Å²) < 4.78 is 25.4. The monoisotopic (exact) mass is 430 g/mol. The van der Waals surface area contributed by atoms with E-state index < -0.39 is 11.9 Å². The zero-order chi connectivity index (χ0) is 22.8. The Hall–Kier alpha value is -3.09. The van der Waals surface area contributed by atoms with Crippen molar-refractivity contribution < 1.29 is 23.5 Å². The molecule has 6 nitrogen and oxygen atoms in total. The molecule has 0 aliphatic rings. The predicted molar refractivity (Wildman–Crippen MR) is 118 cm³/mol. The molecule has 168 valence electrons. The second-order valence-corrected chi connectivity index (χ2v) is 7.05. The number of hydrogen-bond acceptors (Lipinski definition) is 4. The number of ether oxygens (including phenoxy) is 2. The first-order valence-corrected chi connectivity index (χ1v) is 10.5. The lowest BCUT2D eigenvalue weighted by atomic mass is 10.1. The van der Waals surface area contributed by atoms with Crippen LogP contribution in [0.4, 0.5) is 4.39 Å². The van der Waals surface area contributed by atoms with E-state index in [1.165, 1.54) is 18.0 Å². The highest BCUT2D eigenvalue weighted by Gasteiger charge is 2.26. The van der Waals surface area contributed by atoms with Crippen LogP contribution >= 0.6 is 0 Å². The summed E-state index contributed by atoms with van der Waals surface area (Å²) in [6.07, 6.45) is 0.634. The Kier molecular flexibility index (Phi) is 9.31. The Morgan fingerprint density at radius 3 is 2.39 bits per heavy atom. The second-order valence-electron chi connectivity index (χ2n) is 7.05. The van der Waals surface area contributed by atoms with Gasteiger partial charge in [0.1, 0.15) is 11.9 Å². The number of nitrogens with zero attached hydrogens (tertiary/aromatic N) is 1. The largest absolute Gasteiger partial charge is 0.490 e. The Morgan fingerprint density at radius 2 is 1.74 bits per heavy atom. The highest BCUT2D eigenvalue weighted by atomic mass is 19.1. The molecule has 0 saturated carbocycles. The first-order chi connectivity index (χ1) is 14.9. The fourth-order valence-corrected chi connectivity index (χ4v) is 3.25. The molecule has 0 bridgehead atoms. The van der Waals surface area contributed by atoms with E-state index >= 15 is 0 Å². The molecule has 0 aliphatic heterocycles. The van der Waals surface area contributed by atoms with Crippen molar-refractivity contribution in [3.63, 3.8) is 0 Å². The van der Waals surface area contributed by atoms with E-state index in [0.717, 1.165) is 5.56 Å². The van der Waals surface area contributed by atoms with Crippen molar-refractivity contribution in [1.82, 2.24) is 10.2 Å². The van der Waals surface area contributed by atoms with Crippen LogP contribution in [0, 0.1) is 5.82 Å². The summed E-state index contributed by atoms with van der Waals surface area (Å²) in [5.41, 5.74) is 1.28. The Morgan fingerprint density at radius 1 is 1.06 bits per heavy atom. The summed E-state index contributed by atoms with van der Waals surface area (Å²) in [6, 6.07) is 11.1. The third-order valence-electron chi connectivity index (χ3n) is 4.95. The minimum atomic E-state index is -0.726. The fourth-order valence-electron chi connectivity index (χ4n) is 3.25. The standard InChI is InChI=1S/C24H31FN2O4/c1-5-30-21-13-11-18(15-22(21)31-6-2)12-14-23(28)27(17(3)24(29)26-4)16-19-9-7-8-10-20(19)25/h7-11,13,15,17H,5-6,12,14,16H2,1-4H3,(H,26,29)/t17-/m0/s1. The lowest BCUT2D eigenvalue weighted by Gasteiger charge is -2.28. The molecule has 0 radical (unpaired) electrons. The van der Waals surface area contributed by atoms with Crippen LogP contribution in [0.2, 0.25) is 0 Å². The molecule has 1 atom stereocenters. The molecular formula is C24H31FN2O4. The summed E-state index contributed by atoms with van der Waals surface area (Å²) in [4.78, 5) is 26.6. The number of hydrogen-bond donors (Lipinski definition) is 1. The summed E-state index contributed by atoms with van der Waals surface area (Å²) in [7, 11) is 1.51. The van der Waals surface area contributed by atoms with Gasteiger partial charge in [0, 0.05) is 25.6 Å². The normalized spacial score (nSPS) is 11.5. The molecule has 2 amide bonds. The maximum Gasteiger partial charge on any atom is 0.242 e. The lowest BCUT2D eigenvalue weighted by molar-refractivity contribution is -0.140. The van der Waals surface area contributed by atoms with Crippen molar-refractivity contribution in [1.29, 1.82) is 0 Å². The maximum absolute atomic E-state index is 14.2. The number of aryl methyl sites for hydroxylation is 1. The molecule has 0 aromatic heterocycles. The van der Waals surface area contributed by atoms with Gasteiger partial charge in [0.25, 0.3) is 0 Å². The first kappa shape index (κ1) is 24.2. The average molecular weight is 431 g/mol. The van der Waals surface area contributed by atoms with E-state index in [9.17, 15) is 14.0 Å². The van der Waals surface area contributed by atoms with Crippen molar-refractivity contribution in [2.24, 2.45) is 0 Å². The van der Waals surface area contributed by atoms with Crippen LogP contribution < -0.4 is 14.8 Å². The maximum atomic E-state index is 14.2. The highest BCUT2D eigenvalue weighted by molar-refractivity contribution is 5.87. The molecule has 1 N–H and O–H groups in total. The van der Waals surface area contributed by atoms with Gasteiger partial charge in [-0.15, -0.1) is 0 Å². The topological polar surface area (TPSA) is 67.9 Å². The van der Waals surface area contributed by atoms with Gasteiger partial charge in [-0.3, -0.25) is 9.59 Å². The number of carbonyl (C=O) groups is 2. The van der Waals surface area contributed by atoms with Gasteiger partial charge in [0.15, 0.2) is 11.5 Å². The van der Waals surface area contributed by atoms with Gasteiger partial charge >= 0.3 is 0 Å². The van der Waals surface area contributed by atoms with Crippen LogP contribution in [0.1, 0.15) is 38.3 Å². The number of carbonyl (C=O) groups excluding carboxylic acids is 2. The number of amides is 2. The number of rotatable bonds is 11. The van der Waals surface area contributed by atoms with Crippen LogP contribution in [0.3, 0.4) is 0 Å². The molecule has 0 spiro atoms. The third kappa shape index (κ3) is 6.70. The smallest absolute Gasteiger partial charge is 0.242 e. The average Bonchev–Trinajstić information content (AvgIpc) is 2.77. The highest BCUT2D eigenvalue weighted by Crippen LogP contribution is 2.29. The summed E-state index contributed by atoms with van der Waals surface area (Å²) in [6.45, 7) is 6.49. The number of nitrogens with one attached hydrogen (secondary N) is 1. The van der Waals surface area contributed by atoms with E-state index in [4.69, 9.17) is 9.47 Å². The van der Waals surface area contributed by atoms with Crippen molar-refractivity contribution in [2.75, 3.05) is 20.3 Å². The van der Waals surface area contributed by atoms with Gasteiger partial charge < -0.3 is 19.7 Å². The van der Waals surface area contributed by atoms with Crippen LogP contribution in [-0.4, -0.2) is 43.0 Å². The summed E-state index contributed by atoms with van der Waals surface area (Å²) in [5, 5.41) is 2.56. The van der Waals surface area contributed by atoms with Crippen molar-refractivity contribution >= 4 is 11.8 Å². The molecule has 0 heterocycles. The molecule has 2 rings (SSSR count). The Balaban J connectivity index is 2.16.